The van der Waals surface area contributed by atoms with E-state index in [2.05, 4.69) is 20.5 Å². The number of pyridine rings is 1. The molecule has 0 spiro atoms. The van der Waals surface area contributed by atoms with Gasteiger partial charge in [0.05, 0.1) is 18.8 Å². The monoisotopic (exact) mass is 401 g/mol. The molecule has 1 saturated carbocycles. The summed E-state index contributed by atoms with van der Waals surface area (Å²) in [5.41, 5.74) is 2.67. The number of nitrogens with one attached hydrogen (secondary N) is 1. The first-order chi connectivity index (χ1) is 13.6. The number of aromatic nitrogens is 3. The van der Waals surface area contributed by atoms with Gasteiger partial charge in [0.15, 0.2) is 0 Å². The van der Waals surface area contributed by atoms with Gasteiger partial charge in [0.1, 0.15) is 11.1 Å². The molecule has 3 heterocycles. The second-order valence-electron chi connectivity index (χ2n) is 7.65. The zero-order valence-electron chi connectivity index (χ0n) is 16.5. The molecule has 8 heteroatoms. The Hall–Kier alpha value is -2.06. The van der Waals surface area contributed by atoms with Crippen LogP contribution in [0, 0.1) is 19.8 Å². The zero-order chi connectivity index (χ0) is 19.5. The Labute approximate surface area is 169 Å². The van der Waals surface area contributed by atoms with E-state index in [0.717, 1.165) is 40.1 Å². The van der Waals surface area contributed by atoms with Gasteiger partial charge >= 0.3 is 0 Å². The van der Waals surface area contributed by atoms with Gasteiger partial charge in [0.25, 0.3) is 0 Å². The number of carbonyl (C=O) groups is 1. The molecule has 0 bridgehead atoms. The fourth-order valence-corrected chi connectivity index (χ4v) is 4.65. The van der Waals surface area contributed by atoms with E-state index in [9.17, 15) is 4.79 Å². The van der Waals surface area contributed by atoms with Crippen LogP contribution < -0.4 is 5.32 Å². The number of nitrogens with zero attached hydrogens (tertiary/aromatic N) is 4. The minimum atomic E-state index is -0.196. The molecule has 28 heavy (non-hydrogen) atoms. The van der Waals surface area contributed by atoms with Gasteiger partial charge < -0.3 is 15.0 Å². The Morgan fingerprint density at radius 3 is 2.79 bits per heavy atom. The first-order valence-electron chi connectivity index (χ1n) is 10.0. The van der Waals surface area contributed by atoms with E-state index in [-0.39, 0.29) is 12.0 Å². The lowest BCUT2D eigenvalue weighted by atomic mass is 9.88. The summed E-state index contributed by atoms with van der Waals surface area (Å²) in [5.74, 6) is 0.485. The Morgan fingerprint density at radius 2 is 2.04 bits per heavy atom. The third-order valence-corrected chi connectivity index (χ3v) is 6.17. The van der Waals surface area contributed by atoms with E-state index < -0.39 is 0 Å². The van der Waals surface area contributed by atoms with Crippen molar-refractivity contribution < 1.29 is 9.53 Å². The van der Waals surface area contributed by atoms with Crippen LogP contribution in [0.15, 0.2) is 12.1 Å². The van der Waals surface area contributed by atoms with Gasteiger partial charge in [-0.25, -0.2) is 0 Å². The molecular weight excluding hydrogens is 374 g/mol. The van der Waals surface area contributed by atoms with Crippen molar-refractivity contribution in [3.8, 4) is 0 Å². The Morgan fingerprint density at radius 1 is 1.21 bits per heavy atom. The lowest BCUT2D eigenvalue weighted by molar-refractivity contribution is -0.144. The number of amides is 1. The summed E-state index contributed by atoms with van der Waals surface area (Å²) in [6, 6.07) is 3.97. The number of aryl methyl sites for hydroxylation is 2. The number of hydrogen-bond donors (Lipinski definition) is 1. The summed E-state index contributed by atoms with van der Waals surface area (Å²) in [4.78, 5) is 19.6. The van der Waals surface area contributed by atoms with Crippen molar-refractivity contribution in [3.05, 3.63) is 28.5 Å². The van der Waals surface area contributed by atoms with Crippen LogP contribution in [0.1, 0.15) is 54.6 Å². The molecule has 1 aliphatic heterocycles. The maximum absolute atomic E-state index is 12.9. The summed E-state index contributed by atoms with van der Waals surface area (Å²) >= 11 is 1.51. The van der Waals surface area contributed by atoms with E-state index in [4.69, 9.17) is 4.74 Å². The lowest BCUT2D eigenvalue weighted by Gasteiger charge is -2.35. The van der Waals surface area contributed by atoms with Crippen molar-refractivity contribution in [1.29, 1.82) is 0 Å². The van der Waals surface area contributed by atoms with E-state index >= 15 is 0 Å². The van der Waals surface area contributed by atoms with E-state index in [1.165, 1.54) is 30.6 Å². The summed E-state index contributed by atoms with van der Waals surface area (Å²) in [6.45, 7) is 5.70. The predicted octanol–water partition coefficient (Wildman–Crippen LogP) is 3.77. The molecular formula is C20H27N5O2S. The van der Waals surface area contributed by atoms with Crippen LogP contribution in [0.5, 0.6) is 0 Å². The second kappa shape index (κ2) is 8.53. The smallest absolute Gasteiger partial charge is 0.225 e. The highest BCUT2D eigenvalue weighted by Crippen LogP contribution is 2.30. The molecule has 4 rings (SSSR count). The Kier molecular flexibility index (Phi) is 5.87. The van der Waals surface area contributed by atoms with Gasteiger partial charge in [0, 0.05) is 23.8 Å². The molecule has 0 aromatic carbocycles. The fraction of sp³-hybridized carbons (Fsp3) is 0.600. The number of rotatable bonds is 4. The third kappa shape index (κ3) is 4.50. The fourth-order valence-electron chi connectivity index (χ4n) is 4.04. The van der Waals surface area contributed by atoms with Gasteiger partial charge in [-0.15, -0.1) is 10.2 Å². The molecule has 2 fully saturated rings. The van der Waals surface area contributed by atoms with Crippen molar-refractivity contribution in [2.75, 3.05) is 25.0 Å². The quantitative estimate of drug-likeness (QED) is 0.840. The minimum absolute atomic E-state index is 0.191. The molecule has 150 valence electrons. The summed E-state index contributed by atoms with van der Waals surface area (Å²) in [6.07, 6.45) is 5.45. The second-order valence-corrected chi connectivity index (χ2v) is 8.83. The number of anilines is 2. The highest BCUT2D eigenvalue weighted by molar-refractivity contribution is 7.15. The van der Waals surface area contributed by atoms with Gasteiger partial charge in [0.2, 0.25) is 11.0 Å². The maximum atomic E-state index is 12.9. The zero-order valence-corrected chi connectivity index (χ0v) is 17.3. The molecule has 1 aliphatic carbocycles. The molecule has 0 radical (unpaired) electrons. The van der Waals surface area contributed by atoms with Gasteiger partial charge in [-0.05, 0) is 38.8 Å². The average molecular weight is 402 g/mol. The van der Waals surface area contributed by atoms with Crippen molar-refractivity contribution in [1.82, 2.24) is 20.1 Å². The van der Waals surface area contributed by atoms with Crippen molar-refractivity contribution in [3.63, 3.8) is 0 Å². The maximum Gasteiger partial charge on any atom is 0.225 e. The van der Waals surface area contributed by atoms with Crippen LogP contribution in [-0.2, 0) is 9.53 Å². The SMILES string of the molecule is Cc1cc(Nc2nnc(C)s2)cc([C@H]2CN(C(=O)C3CCCCC3)CCO2)n1. The highest BCUT2D eigenvalue weighted by Gasteiger charge is 2.31. The molecule has 2 aromatic heterocycles. The third-order valence-electron chi connectivity index (χ3n) is 5.41. The molecule has 0 unspecified atom stereocenters. The van der Waals surface area contributed by atoms with Crippen molar-refractivity contribution in [2.45, 2.75) is 52.1 Å². The number of morpholine rings is 1. The largest absolute Gasteiger partial charge is 0.368 e. The number of carbonyl (C=O) groups excluding carboxylic acids is 1. The van der Waals surface area contributed by atoms with E-state index in [0.29, 0.717) is 25.6 Å². The van der Waals surface area contributed by atoms with E-state index in [1.807, 2.05) is 30.9 Å². The first kappa shape index (κ1) is 19.3. The lowest BCUT2D eigenvalue weighted by Crippen LogP contribution is -2.45. The predicted molar refractivity (Wildman–Crippen MR) is 109 cm³/mol. The van der Waals surface area contributed by atoms with E-state index in [1.54, 1.807) is 0 Å². The van der Waals surface area contributed by atoms with Crippen LogP contribution in [0.25, 0.3) is 0 Å². The Balaban J connectivity index is 1.47. The summed E-state index contributed by atoms with van der Waals surface area (Å²) in [7, 11) is 0. The summed E-state index contributed by atoms with van der Waals surface area (Å²) < 4.78 is 5.99. The molecule has 1 N–H and O–H groups in total. The van der Waals surface area contributed by atoms with Gasteiger partial charge in [-0.3, -0.25) is 9.78 Å². The van der Waals surface area contributed by atoms with Gasteiger partial charge in [-0.2, -0.15) is 0 Å². The molecule has 2 aromatic rings. The molecule has 7 nitrogen and oxygen atoms in total. The Bertz CT molecular complexity index is 834. The van der Waals surface area contributed by atoms with Crippen LogP contribution in [0.4, 0.5) is 10.8 Å². The standard InChI is InChI=1S/C20H27N5O2S/c1-13-10-16(22-20-24-23-14(2)28-20)11-17(21-13)18-12-25(8-9-27-18)19(26)15-6-4-3-5-7-15/h10-11,15,18H,3-9,12H2,1-2H3,(H,21,22,24)/t18-/m1/s1. The number of ether oxygens (including phenoxy) is 1. The molecule has 2 aliphatic rings. The first-order valence-corrected chi connectivity index (χ1v) is 10.9. The van der Waals surface area contributed by atoms with Crippen LogP contribution in [-0.4, -0.2) is 45.7 Å². The van der Waals surface area contributed by atoms with Gasteiger partial charge in [-0.1, -0.05) is 30.6 Å². The molecule has 1 atom stereocenters. The van der Waals surface area contributed by atoms with Crippen molar-refractivity contribution in [2.24, 2.45) is 5.92 Å². The van der Waals surface area contributed by atoms with Crippen molar-refractivity contribution >= 4 is 28.1 Å². The van der Waals surface area contributed by atoms with Crippen LogP contribution in [0.2, 0.25) is 0 Å². The topological polar surface area (TPSA) is 80.2 Å². The number of hydrogen-bond acceptors (Lipinski definition) is 7. The average Bonchev–Trinajstić information content (AvgIpc) is 3.12. The normalized spacial score (nSPS) is 20.9. The van der Waals surface area contributed by atoms with Crippen LogP contribution in [0.3, 0.4) is 0 Å². The molecule has 1 saturated heterocycles. The van der Waals surface area contributed by atoms with Crippen LogP contribution >= 0.6 is 11.3 Å². The molecule has 1 amide bonds. The summed E-state index contributed by atoms with van der Waals surface area (Å²) in [5, 5.41) is 13.1. The highest BCUT2D eigenvalue weighted by atomic mass is 32.1. The minimum Gasteiger partial charge on any atom is -0.368 e.